The average molecular weight is 215 g/mol. The minimum Gasteiger partial charge on any atom is -0.481 e. The molecule has 0 aliphatic heterocycles. The number of aliphatic carboxylic acids is 1. The van der Waals surface area contributed by atoms with E-state index in [1.165, 1.54) is 12.8 Å². The number of hydrogen-bond acceptors (Lipinski definition) is 2. The van der Waals surface area contributed by atoms with Crippen molar-refractivity contribution in [2.45, 2.75) is 46.5 Å². The van der Waals surface area contributed by atoms with Crippen molar-refractivity contribution in [1.82, 2.24) is 0 Å². The fourth-order valence-corrected chi connectivity index (χ4v) is 1.78. The van der Waals surface area contributed by atoms with Crippen LogP contribution in [0.4, 0.5) is 0 Å². The van der Waals surface area contributed by atoms with Crippen LogP contribution in [0, 0.1) is 17.8 Å². The van der Waals surface area contributed by atoms with E-state index in [1.54, 1.807) is 0 Å². The fourth-order valence-electron chi connectivity index (χ4n) is 1.78. The molecule has 0 amide bonds. The van der Waals surface area contributed by atoms with E-state index in [2.05, 4.69) is 20.8 Å². The molecule has 0 aromatic rings. The van der Waals surface area contributed by atoms with Gasteiger partial charge >= 0.3 is 5.97 Å². The van der Waals surface area contributed by atoms with E-state index in [1.807, 2.05) is 0 Å². The second kappa shape index (κ2) is 7.69. The summed E-state index contributed by atoms with van der Waals surface area (Å²) in [6.45, 7) is 6.80. The van der Waals surface area contributed by atoms with Crippen LogP contribution in [0.1, 0.15) is 46.5 Å². The number of hydrogen-bond donors (Lipinski definition) is 2. The maximum absolute atomic E-state index is 10.8. The van der Waals surface area contributed by atoms with Crippen LogP contribution >= 0.6 is 0 Å². The van der Waals surface area contributed by atoms with Crippen LogP contribution in [-0.2, 0) is 4.79 Å². The lowest BCUT2D eigenvalue weighted by atomic mass is 9.91. The van der Waals surface area contributed by atoms with E-state index in [4.69, 9.17) is 10.8 Å². The second-order valence-corrected chi connectivity index (χ2v) is 4.94. The smallest absolute Gasteiger partial charge is 0.307 e. The number of carbonyl (C=O) groups is 1. The highest BCUT2D eigenvalue weighted by Crippen LogP contribution is 2.19. The predicted molar refractivity (Wildman–Crippen MR) is 62.7 cm³/mol. The number of nitrogens with two attached hydrogens (primary N) is 1. The summed E-state index contributed by atoms with van der Waals surface area (Å²) in [5.74, 6) is 0.0858. The maximum Gasteiger partial charge on any atom is 0.307 e. The van der Waals surface area contributed by atoms with Crippen molar-refractivity contribution in [1.29, 1.82) is 0 Å². The lowest BCUT2D eigenvalue weighted by Crippen LogP contribution is -2.25. The van der Waals surface area contributed by atoms with E-state index in [-0.39, 0.29) is 12.5 Å². The molecule has 0 bridgehead atoms. The van der Waals surface area contributed by atoms with Crippen molar-refractivity contribution in [2.24, 2.45) is 23.5 Å². The van der Waals surface area contributed by atoms with E-state index >= 15 is 0 Å². The van der Waals surface area contributed by atoms with Gasteiger partial charge < -0.3 is 10.8 Å². The van der Waals surface area contributed by atoms with Crippen molar-refractivity contribution >= 4 is 5.97 Å². The van der Waals surface area contributed by atoms with Crippen molar-refractivity contribution in [3.63, 3.8) is 0 Å². The number of carboxylic acid groups (broad SMARTS) is 1. The van der Waals surface area contributed by atoms with Gasteiger partial charge in [-0.2, -0.15) is 0 Å². The molecule has 2 atom stereocenters. The first-order valence-electron chi connectivity index (χ1n) is 5.90. The standard InChI is InChI=1S/C12H25NO2/c1-9(2)5-4-6-10(3)7-11(8-13)12(14)15/h9-11H,4-8,13H2,1-3H3,(H,14,15). The van der Waals surface area contributed by atoms with Crippen LogP contribution in [0.2, 0.25) is 0 Å². The molecule has 90 valence electrons. The summed E-state index contributed by atoms with van der Waals surface area (Å²) in [5.41, 5.74) is 5.42. The molecule has 0 aliphatic rings. The van der Waals surface area contributed by atoms with Crippen molar-refractivity contribution in [2.75, 3.05) is 6.54 Å². The highest BCUT2D eigenvalue weighted by Gasteiger charge is 2.18. The van der Waals surface area contributed by atoms with Crippen molar-refractivity contribution < 1.29 is 9.90 Å². The van der Waals surface area contributed by atoms with Gasteiger partial charge in [-0.3, -0.25) is 4.79 Å². The largest absolute Gasteiger partial charge is 0.481 e. The summed E-state index contributed by atoms with van der Waals surface area (Å²) in [4.78, 5) is 10.8. The lowest BCUT2D eigenvalue weighted by Gasteiger charge is -2.16. The van der Waals surface area contributed by atoms with Gasteiger partial charge in [0, 0.05) is 6.54 Å². The molecule has 0 radical (unpaired) electrons. The average Bonchev–Trinajstić information content (AvgIpc) is 2.13. The molecule has 0 heterocycles. The first-order chi connectivity index (χ1) is 6.97. The SMILES string of the molecule is CC(C)CCCC(C)CC(CN)C(=O)O. The molecule has 0 aromatic heterocycles. The monoisotopic (exact) mass is 215 g/mol. The molecule has 3 nitrogen and oxygen atoms in total. The van der Waals surface area contributed by atoms with Gasteiger partial charge in [0.05, 0.1) is 5.92 Å². The Kier molecular flexibility index (Phi) is 7.39. The van der Waals surface area contributed by atoms with Crippen LogP contribution in [0.3, 0.4) is 0 Å². The summed E-state index contributed by atoms with van der Waals surface area (Å²) in [7, 11) is 0. The summed E-state index contributed by atoms with van der Waals surface area (Å²) in [5, 5.41) is 8.86. The van der Waals surface area contributed by atoms with Gasteiger partial charge in [0.25, 0.3) is 0 Å². The van der Waals surface area contributed by atoms with Gasteiger partial charge in [-0.25, -0.2) is 0 Å². The van der Waals surface area contributed by atoms with Crippen LogP contribution in [0.5, 0.6) is 0 Å². The molecule has 15 heavy (non-hydrogen) atoms. The van der Waals surface area contributed by atoms with E-state index < -0.39 is 5.97 Å². The lowest BCUT2D eigenvalue weighted by molar-refractivity contribution is -0.141. The Morgan fingerprint density at radius 3 is 2.27 bits per heavy atom. The zero-order chi connectivity index (χ0) is 11.8. The maximum atomic E-state index is 10.8. The molecule has 0 aliphatic carbocycles. The molecule has 3 heteroatoms. The quantitative estimate of drug-likeness (QED) is 0.654. The summed E-state index contributed by atoms with van der Waals surface area (Å²) >= 11 is 0. The Bertz CT molecular complexity index is 180. The van der Waals surface area contributed by atoms with Crippen LogP contribution in [0.25, 0.3) is 0 Å². The predicted octanol–water partition coefficient (Wildman–Crippen LogP) is 2.50. The van der Waals surface area contributed by atoms with Crippen molar-refractivity contribution in [3.05, 3.63) is 0 Å². The molecule has 0 saturated carbocycles. The molecule has 0 spiro atoms. The summed E-state index contributed by atoms with van der Waals surface area (Å²) < 4.78 is 0. The van der Waals surface area contributed by atoms with Crippen LogP contribution in [-0.4, -0.2) is 17.6 Å². The highest BCUT2D eigenvalue weighted by molar-refractivity contribution is 5.70. The molecular weight excluding hydrogens is 190 g/mol. The molecule has 2 unspecified atom stereocenters. The van der Waals surface area contributed by atoms with E-state index in [0.717, 1.165) is 12.3 Å². The molecule has 0 fully saturated rings. The first kappa shape index (κ1) is 14.4. The summed E-state index contributed by atoms with van der Waals surface area (Å²) in [6, 6.07) is 0. The minimum atomic E-state index is -0.756. The first-order valence-corrected chi connectivity index (χ1v) is 5.90. The molecule has 3 N–H and O–H groups in total. The molecule has 0 saturated heterocycles. The zero-order valence-electron chi connectivity index (χ0n) is 10.2. The highest BCUT2D eigenvalue weighted by atomic mass is 16.4. The Morgan fingerprint density at radius 1 is 1.27 bits per heavy atom. The van der Waals surface area contributed by atoms with Crippen LogP contribution < -0.4 is 5.73 Å². The third kappa shape index (κ3) is 7.37. The number of rotatable bonds is 8. The van der Waals surface area contributed by atoms with E-state index in [9.17, 15) is 4.79 Å². The topological polar surface area (TPSA) is 63.3 Å². The van der Waals surface area contributed by atoms with Gasteiger partial charge in [0.2, 0.25) is 0 Å². The minimum absolute atomic E-state index is 0.254. The Hall–Kier alpha value is -0.570. The van der Waals surface area contributed by atoms with Gasteiger partial charge in [0.1, 0.15) is 0 Å². The normalized spacial score (nSPS) is 15.3. The Balaban J connectivity index is 3.71. The van der Waals surface area contributed by atoms with Gasteiger partial charge in [0.15, 0.2) is 0 Å². The third-order valence-electron chi connectivity index (χ3n) is 2.80. The van der Waals surface area contributed by atoms with Gasteiger partial charge in [-0.15, -0.1) is 0 Å². The number of carboxylic acids is 1. The molecule has 0 rings (SSSR count). The Morgan fingerprint density at radius 2 is 1.87 bits per heavy atom. The third-order valence-corrected chi connectivity index (χ3v) is 2.80. The van der Waals surface area contributed by atoms with Crippen molar-refractivity contribution in [3.8, 4) is 0 Å². The van der Waals surface area contributed by atoms with Gasteiger partial charge in [-0.1, -0.05) is 40.0 Å². The second-order valence-electron chi connectivity index (χ2n) is 4.94. The summed E-state index contributed by atoms with van der Waals surface area (Å²) in [6.07, 6.45) is 4.24. The fraction of sp³-hybridized carbons (Fsp3) is 0.917. The van der Waals surface area contributed by atoms with Crippen LogP contribution in [0.15, 0.2) is 0 Å². The van der Waals surface area contributed by atoms with Gasteiger partial charge in [-0.05, 0) is 18.3 Å². The Labute approximate surface area is 93.0 Å². The molecule has 0 aromatic carbocycles. The zero-order valence-corrected chi connectivity index (χ0v) is 10.2. The van der Waals surface area contributed by atoms with E-state index in [0.29, 0.717) is 12.3 Å². The molecular formula is C12H25NO2.